The van der Waals surface area contributed by atoms with E-state index in [-0.39, 0.29) is 157 Å². The minimum atomic E-state index is -1.87. The fourth-order valence-corrected chi connectivity index (χ4v) is 13.7. The van der Waals surface area contributed by atoms with Crippen molar-refractivity contribution in [1.82, 2.24) is 119 Å². The monoisotopic (exact) mass is 1950 g/mol. The van der Waals surface area contributed by atoms with Gasteiger partial charge in [-0.3, -0.25) is 72.0 Å². The Labute approximate surface area is 800 Å². The first-order valence-electron chi connectivity index (χ1n) is 46.0. The van der Waals surface area contributed by atoms with Crippen molar-refractivity contribution < 1.29 is 116 Å². The zero-order valence-corrected chi connectivity index (χ0v) is 78.3. The van der Waals surface area contributed by atoms with Crippen LogP contribution in [0.3, 0.4) is 0 Å². The number of nitrogens with two attached hydrogens (primary N) is 1. The fraction of sp³-hybridized carbons (Fsp3) is 0.562. The molecule has 10 atom stereocenters. The van der Waals surface area contributed by atoms with Crippen LogP contribution in [0, 0.1) is 6.92 Å². The Morgan fingerprint density at radius 2 is 1.20 bits per heavy atom. The van der Waals surface area contributed by atoms with Crippen LogP contribution in [0.15, 0.2) is 90.8 Å². The number of fused-ring (bicyclic) bond motifs is 3. The molecule has 50 nitrogen and oxygen atoms in total. The number of carboxylic acids is 1. The van der Waals surface area contributed by atoms with Gasteiger partial charge in [0.25, 0.3) is 11.5 Å². The van der Waals surface area contributed by atoms with Crippen LogP contribution in [-0.2, 0) is 134 Å². The molecular weight excluding hydrogens is 1820 g/mol. The molecule has 8 rings (SSSR count). The van der Waals surface area contributed by atoms with Crippen molar-refractivity contribution in [3.05, 3.63) is 136 Å². The lowest BCUT2D eigenvalue weighted by atomic mass is 10.1. The largest absolute Gasteiger partial charge is 0.480 e. The van der Waals surface area contributed by atoms with Gasteiger partial charge in [0, 0.05) is 106 Å². The van der Waals surface area contributed by atoms with E-state index < -0.39 is 169 Å². The number of nitrogens with one attached hydrogen (secondary N) is 16. The molecule has 2 aromatic carbocycles. The number of nitrogens with zero attached hydrogens (tertiary/aromatic N) is 8. The van der Waals surface area contributed by atoms with Crippen LogP contribution in [-0.4, -0.2) is 339 Å². The summed E-state index contributed by atoms with van der Waals surface area (Å²) in [5.41, 5.74) is 8.87. The van der Waals surface area contributed by atoms with Crippen molar-refractivity contribution in [3.8, 4) is 0 Å². The molecule has 0 spiro atoms. The molecule has 2 bridgehead atoms. The molecule has 6 heterocycles. The van der Waals surface area contributed by atoms with Crippen LogP contribution in [0.1, 0.15) is 129 Å². The molecule has 7 aromatic rings. The SMILES string of the molecule is CCOCCOCCOCCOCCOCCNC(=O)[C@H](CCCCNC(=O)CCCc1ccc(C)cc1)NC(=O)COCCOCCOCCNC(=O)[C@@H]1CCCCn2cc(nn2)C[C@H](NC(=O)CC[C@H](NC(=O)c2ccc(NCc3cnc4nc(N)[nH]c(=O)c4n3)cc2)C(=O)O)C(=O)N[C@H](Cc2cnc[nH]2)C(=O)N[C@H](CO)C(=O)N[C@H](Cc2cnc[nH]2)C(=O)N[C@H]([C@H](C)O)C(=O)N[C@H](C)C(=O)N1. The molecule has 0 saturated carbocycles. The van der Waals surface area contributed by atoms with E-state index in [0.717, 1.165) is 17.5 Å². The molecular formula is C89H129N25O25. The van der Waals surface area contributed by atoms with Crippen molar-refractivity contribution >= 4 is 99.7 Å². The summed E-state index contributed by atoms with van der Waals surface area (Å²) in [6.07, 6.45) is 7.68. The maximum Gasteiger partial charge on any atom is 0.326 e. The number of aliphatic hydroxyl groups excluding tert-OH is 2. The van der Waals surface area contributed by atoms with Crippen molar-refractivity contribution in [2.75, 3.05) is 143 Å². The number of aliphatic carboxylic acids is 1. The smallest absolute Gasteiger partial charge is 0.326 e. The number of carbonyl (C=O) groups excluding carboxylic acids is 12. The molecule has 0 unspecified atom stereocenters. The summed E-state index contributed by atoms with van der Waals surface area (Å²) in [7, 11) is 0. The number of hydrogen-bond acceptors (Lipinski definition) is 33. The number of anilines is 2. The number of aryl methyl sites for hydroxylation is 3. The van der Waals surface area contributed by atoms with Gasteiger partial charge >= 0.3 is 5.97 Å². The summed E-state index contributed by atoms with van der Waals surface area (Å²) >= 11 is 0. The van der Waals surface area contributed by atoms with E-state index >= 15 is 0 Å². The summed E-state index contributed by atoms with van der Waals surface area (Å²) in [6.45, 7) is 9.70. The number of benzene rings is 2. The van der Waals surface area contributed by atoms with Gasteiger partial charge in [-0.05, 0) is 115 Å². The maximum absolute atomic E-state index is 14.8. The number of aromatic nitrogens is 11. The van der Waals surface area contributed by atoms with Gasteiger partial charge in [-0.15, -0.1) is 5.10 Å². The molecule has 0 saturated heterocycles. The number of imidazole rings is 2. The van der Waals surface area contributed by atoms with E-state index in [1.54, 1.807) is 0 Å². The van der Waals surface area contributed by atoms with Crippen molar-refractivity contribution in [2.24, 2.45) is 0 Å². The van der Waals surface area contributed by atoms with Gasteiger partial charge in [-0.2, -0.15) is 4.98 Å². The van der Waals surface area contributed by atoms with E-state index in [2.05, 4.69) is 131 Å². The lowest BCUT2D eigenvalue weighted by molar-refractivity contribution is -0.140. The maximum atomic E-state index is 14.8. The van der Waals surface area contributed by atoms with Gasteiger partial charge in [0.2, 0.25) is 70.9 Å². The van der Waals surface area contributed by atoms with E-state index in [1.165, 1.54) is 80.2 Å². The molecule has 50 heteroatoms. The van der Waals surface area contributed by atoms with Crippen LogP contribution in [0.25, 0.3) is 11.2 Å². The Kier molecular flexibility index (Phi) is 49.2. The number of amides is 12. The van der Waals surface area contributed by atoms with Gasteiger partial charge < -0.3 is 138 Å². The summed E-state index contributed by atoms with van der Waals surface area (Å²) in [5, 5.41) is 74.7. The van der Waals surface area contributed by atoms with E-state index in [9.17, 15) is 82.4 Å². The van der Waals surface area contributed by atoms with Crippen molar-refractivity contribution in [2.45, 2.75) is 191 Å². The second-order valence-electron chi connectivity index (χ2n) is 32.4. The third-order valence-electron chi connectivity index (χ3n) is 21.3. The second kappa shape index (κ2) is 61.7. The summed E-state index contributed by atoms with van der Waals surface area (Å²) in [6, 6.07) is 0.108. The van der Waals surface area contributed by atoms with Gasteiger partial charge in [0.1, 0.15) is 61.0 Å². The molecule has 760 valence electrons. The predicted octanol–water partition coefficient (Wildman–Crippen LogP) is -3.91. The lowest BCUT2D eigenvalue weighted by Gasteiger charge is -2.27. The molecule has 21 N–H and O–H groups in total. The molecule has 5 aromatic heterocycles. The van der Waals surface area contributed by atoms with Crippen LogP contribution >= 0.6 is 0 Å². The number of nitrogen functional groups attached to an aromatic ring is 1. The minimum Gasteiger partial charge on any atom is -0.480 e. The van der Waals surface area contributed by atoms with Crippen molar-refractivity contribution in [1.29, 1.82) is 0 Å². The number of H-pyrrole nitrogens is 3. The zero-order valence-electron chi connectivity index (χ0n) is 78.3. The number of hydrogen-bond donors (Lipinski definition) is 20. The third-order valence-corrected chi connectivity index (χ3v) is 21.3. The Morgan fingerprint density at radius 3 is 1.82 bits per heavy atom. The molecule has 0 aliphatic carbocycles. The topological polar surface area (TPSA) is 698 Å². The zero-order chi connectivity index (χ0) is 100. The first kappa shape index (κ1) is 111. The lowest BCUT2D eigenvalue weighted by Crippen LogP contribution is -2.62. The number of carboxylic acid groups (broad SMARTS) is 1. The Hall–Kier alpha value is -13.5. The van der Waals surface area contributed by atoms with Gasteiger partial charge in [0.15, 0.2) is 11.2 Å². The van der Waals surface area contributed by atoms with Crippen molar-refractivity contribution in [3.63, 3.8) is 0 Å². The Morgan fingerprint density at radius 1 is 0.597 bits per heavy atom. The summed E-state index contributed by atoms with van der Waals surface area (Å²) in [4.78, 5) is 221. The molecule has 0 fully saturated rings. The van der Waals surface area contributed by atoms with E-state index in [0.29, 0.717) is 96.5 Å². The van der Waals surface area contributed by atoms with Crippen LogP contribution in [0.5, 0.6) is 0 Å². The summed E-state index contributed by atoms with van der Waals surface area (Å²) < 4.78 is 45.7. The second-order valence-corrected chi connectivity index (χ2v) is 32.4. The highest BCUT2D eigenvalue weighted by Gasteiger charge is 2.37. The molecule has 1 aliphatic heterocycles. The number of ether oxygens (including phenoxy) is 8. The number of rotatable bonds is 55. The number of carbonyl (C=O) groups is 13. The van der Waals surface area contributed by atoms with Crippen LogP contribution in [0.2, 0.25) is 0 Å². The first-order valence-corrected chi connectivity index (χ1v) is 46.0. The van der Waals surface area contributed by atoms with Crippen LogP contribution in [0.4, 0.5) is 11.6 Å². The molecule has 1 aliphatic rings. The third kappa shape index (κ3) is 41.8. The number of aromatic amines is 3. The average Bonchev–Trinajstić information content (AvgIpc) is 1.21. The highest BCUT2D eigenvalue weighted by Crippen LogP contribution is 2.17. The highest BCUT2D eigenvalue weighted by molar-refractivity contribution is 5.99. The minimum absolute atomic E-state index is 0.0112. The van der Waals surface area contributed by atoms with E-state index in [1.807, 2.05) is 26.0 Å². The predicted molar refractivity (Wildman–Crippen MR) is 496 cm³/mol. The number of unbranched alkanes of at least 4 members (excludes halogenated alkanes) is 1. The van der Waals surface area contributed by atoms with E-state index in [4.69, 9.17) is 43.6 Å². The fourth-order valence-electron chi connectivity index (χ4n) is 13.7. The molecule has 12 amide bonds. The van der Waals surface area contributed by atoms with Gasteiger partial charge in [-0.25, -0.2) is 24.7 Å². The molecule has 139 heavy (non-hydrogen) atoms. The molecule has 0 radical (unpaired) electrons. The van der Waals surface area contributed by atoms with Gasteiger partial charge in [-0.1, -0.05) is 35.0 Å². The normalized spacial score (nSPS) is 17.8. The Bertz CT molecular complexity index is 5050. The number of aliphatic hydroxyl groups is 2. The Balaban J connectivity index is 0.856. The quantitative estimate of drug-likeness (QED) is 0.0162. The standard InChI is InChI=1S/C89H129N25O25/c1-5-132-31-32-135-37-38-137-40-39-136-35-33-133-29-26-94-80(122)65(12-6-8-25-93-72(117)14-10-11-58-17-15-55(2)16-18-58)102-74(119)52-139-42-41-138-36-34-134-30-27-95-81(123)66-13-7-9-28-114-50-63(112-113-114)45-68(103-73(118)24-23-67(88(130)131)105-79(121)59-19-21-60(22-20-59)96-48-64-49-97-77-76(101-64)87(129)111-89(90)110-77)82(124)106-69(43-61-46-91-53-98-61)83(125)108-71(51-115)85(127)107-70(44-62-47-92-54-99-62)84(126)109-75(57(4)116)86(128)100-56(3)78(120)104-66/h15-22,46-47,49-50,53-54,56-57,65-71,75,96,115-116H,5-14,23-45,48,51-52H2,1-4H3,(H,91,98)(H,92,99)(H,93,117)(H,94,122)(H,95,123)(H,100,128)(H,102,119)(H,103,118)(H,104,120)(H,105,121)(H,106,124)(H,107,127)(H,108,125)(H,109,126)(H,130,131)(H3,90,97,110,111,129)/t56-,57+,65+,66+,67+,68+,69-,70-,71-,75-/m1/s1. The first-order chi connectivity index (χ1) is 67.1. The average molecular weight is 1950 g/mol. The van der Waals surface area contributed by atoms with Crippen LogP contribution < -0.4 is 80.4 Å². The van der Waals surface area contributed by atoms with Gasteiger partial charge in [0.05, 0.1) is 142 Å². The highest BCUT2D eigenvalue weighted by atomic mass is 16.6. The summed E-state index contributed by atoms with van der Waals surface area (Å²) in [5.74, 6) is -11.5.